The molecule has 0 unspecified atom stereocenters. The van der Waals surface area contributed by atoms with Crippen molar-refractivity contribution >= 4 is 52.2 Å². The molecule has 0 radical (unpaired) electrons. The fraction of sp³-hybridized carbons (Fsp3) is 0. The predicted molar refractivity (Wildman–Crippen MR) is 96.8 cm³/mol. The number of allylic oxidation sites excluding steroid dienone is 1. The van der Waals surface area contributed by atoms with Gasteiger partial charge < -0.3 is 5.32 Å². The zero-order valence-corrected chi connectivity index (χ0v) is 14.5. The van der Waals surface area contributed by atoms with Crippen LogP contribution in [0.5, 0.6) is 0 Å². The van der Waals surface area contributed by atoms with Crippen molar-refractivity contribution in [1.82, 2.24) is 15.7 Å². The fourth-order valence-electron chi connectivity index (χ4n) is 2.17. The van der Waals surface area contributed by atoms with Gasteiger partial charge in [0.2, 0.25) is 0 Å². The Bertz CT molecular complexity index is 831. The van der Waals surface area contributed by atoms with Gasteiger partial charge in [-0.25, -0.2) is 14.8 Å². The molecule has 1 aliphatic heterocycles. The zero-order valence-electron chi connectivity index (χ0n) is 12.2. The molecule has 0 saturated heterocycles. The van der Waals surface area contributed by atoms with Crippen LogP contribution >= 0.6 is 34.8 Å². The first-order valence-electron chi connectivity index (χ1n) is 6.81. The summed E-state index contributed by atoms with van der Waals surface area (Å²) in [5.74, 6) is 0. The molecule has 1 aromatic heterocycles. The van der Waals surface area contributed by atoms with Gasteiger partial charge in [-0.05, 0) is 24.3 Å². The lowest BCUT2D eigenvalue weighted by Gasteiger charge is -2.22. The van der Waals surface area contributed by atoms with Crippen molar-refractivity contribution < 1.29 is 4.79 Å². The summed E-state index contributed by atoms with van der Waals surface area (Å²) in [6.07, 6.45) is 0. The molecule has 2 amide bonds. The van der Waals surface area contributed by atoms with E-state index in [-0.39, 0.29) is 15.3 Å². The molecular weight excluding hydrogens is 371 g/mol. The molecule has 0 aliphatic carbocycles. The maximum Gasteiger partial charge on any atom is 0.345 e. The number of aromatic nitrogens is 1. The largest absolute Gasteiger partial charge is 0.345 e. The van der Waals surface area contributed by atoms with E-state index >= 15 is 0 Å². The molecule has 24 heavy (non-hydrogen) atoms. The number of para-hydroxylation sites is 1. The Labute approximate surface area is 153 Å². The van der Waals surface area contributed by atoms with Gasteiger partial charge in [-0.3, -0.25) is 5.43 Å². The van der Waals surface area contributed by atoms with Gasteiger partial charge in [0.1, 0.15) is 10.3 Å². The van der Waals surface area contributed by atoms with Gasteiger partial charge in [0.25, 0.3) is 0 Å². The molecule has 122 valence electrons. The maximum atomic E-state index is 12.6. The highest BCUT2D eigenvalue weighted by Gasteiger charge is 2.25. The van der Waals surface area contributed by atoms with E-state index in [1.165, 1.54) is 5.01 Å². The number of halogens is 3. The summed E-state index contributed by atoms with van der Waals surface area (Å²) in [5, 5.41) is 4.66. The van der Waals surface area contributed by atoms with Gasteiger partial charge >= 0.3 is 6.03 Å². The van der Waals surface area contributed by atoms with Crippen molar-refractivity contribution in [3.63, 3.8) is 0 Å². The Hall–Kier alpha value is -2.21. The van der Waals surface area contributed by atoms with Gasteiger partial charge in [0, 0.05) is 5.56 Å². The summed E-state index contributed by atoms with van der Waals surface area (Å²) in [4.78, 5) is 16.5. The lowest BCUT2D eigenvalue weighted by molar-refractivity contribution is 0.248. The molecule has 0 spiro atoms. The Balaban J connectivity index is 2.02. The minimum Gasteiger partial charge on any atom is -0.304 e. The van der Waals surface area contributed by atoms with E-state index in [2.05, 4.69) is 22.3 Å². The van der Waals surface area contributed by atoms with E-state index in [4.69, 9.17) is 34.8 Å². The highest BCUT2D eigenvalue weighted by molar-refractivity contribution is 6.36. The number of hydrazine groups is 1. The van der Waals surface area contributed by atoms with Crippen LogP contribution in [0.2, 0.25) is 10.3 Å². The van der Waals surface area contributed by atoms with Crippen molar-refractivity contribution in [3.8, 4) is 0 Å². The molecule has 1 aliphatic rings. The molecular formula is C16H11Cl3N4O. The van der Waals surface area contributed by atoms with Crippen molar-refractivity contribution in [2.45, 2.75) is 0 Å². The number of anilines is 1. The van der Waals surface area contributed by atoms with E-state index in [9.17, 15) is 4.79 Å². The highest BCUT2D eigenvalue weighted by atomic mass is 35.5. The van der Waals surface area contributed by atoms with E-state index in [1.807, 2.05) is 18.2 Å². The van der Waals surface area contributed by atoms with E-state index in [1.54, 1.807) is 24.3 Å². The van der Waals surface area contributed by atoms with Gasteiger partial charge in [0.05, 0.1) is 22.1 Å². The number of hydrogen-bond acceptors (Lipinski definition) is 3. The van der Waals surface area contributed by atoms with Crippen LogP contribution in [0.4, 0.5) is 10.5 Å². The smallest absolute Gasteiger partial charge is 0.304 e. The molecule has 1 aromatic carbocycles. The van der Waals surface area contributed by atoms with Gasteiger partial charge in [-0.1, -0.05) is 59.6 Å². The predicted octanol–water partition coefficient (Wildman–Crippen LogP) is 4.54. The monoisotopic (exact) mass is 380 g/mol. The van der Waals surface area contributed by atoms with Crippen LogP contribution in [-0.2, 0) is 0 Å². The normalized spacial score (nSPS) is 15.0. The molecule has 5 nitrogen and oxygen atoms in total. The number of carbonyl (C=O) groups excluding carboxylic acids is 1. The Kier molecular flexibility index (Phi) is 4.66. The molecule has 0 bridgehead atoms. The lowest BCUT2D eigenvalue weighted by Crippen LogP contribution is -2.45. The fourth-order valence-corrected chi connectivity index (χ4v) is 2.83. The Morgan fingerprint density at radius 3 is 2.29 bits per heavy atom. The second kappa shape index (κ2) is 6.73. The minimum atomic E-state index is -0.433. The van der Waals surface area contributed by atoms with Crippen molar-refractivity contribution in [3.05, 3.63) is 75.6 Å². The first-order chi connectivity index (χ1) is 11.5. The number of rotatable bonds is 2. The summed E-state index contributed by atoms with van der Waals surface area (Å²) < 4.78 is 0. The standard InChI is InChI=1S/C16H11Cl3N4O/c1-9-14(19)15(10-7-12(17)20-13(18)8-10)21-16(24)23(22-9)11-5-3-2-4-6-11/h2-8,22H,1H2,(H,21,24). The lowest BCUT2D eigenvalue weighted by atomic mass is 10.2. The summed E-state index contributed by atoms with van der Waals surface area (Å²) in [7, 11) is 0. The molecule has 0 fully saturated rings. The number of carbonyl (C=O) groups is 1. The summed E-state index contributed by atoms with van der Waals surface area (Å²) in [6.45, 7) is 3.87. The van der Waals surface area contributed by atoms with Crippen LogP contribution in [0.1, 0.15) is 5.56 Å². The topological polar surface area (TPSA) is 57.3 Å². The summed E-state index contributed by atoms with van der Waals surface area (Å²) >= 11 is 18.2. The second-order valence-corrected chi connectivity index (χ2v) is 6.03. The van der Waals surface area contributed by atoms with Crippen LogP contribution < -0.4 is 15.8 Å². The first kappa shape index (κ1) is 16.6. The highest BCUT2D eigenvalue weighted by Crippen LogP contribution is 2.29. The van der Waals surface area contributed by atoms with E-state index in [0.29, 0.717) is 22.6 Å². The molecule has 0 saturated carbocycles. The quantitative estimate of drug-likeness (QED) is 0.751. The van der Waals surface area contributed by atoms with Gasteiger partial charge in [0.15, 0.2) is 0 Å². The van der Waals surface area contributed by atoms with Crippen LogP contribution in [0.3, 0.4) is 0 Å². The number of urea groups is 1. The number of hydrogen-bond donors (Lipinski definition) is 2. The minimum absolute atomic E-state index is 0.187. The summed E-state index contributed by atoms with van der Waals surface area (Å²) in [5.41, 5.74) is 4.72. The number of nitrogens with one attached hydrogen (secondary N) is 2. The number of nitrogens with zero attached hydrogens (tertiary/aromatic N) is 2. The molecule has 0 atom stereocenters. The molecule has 3 rings (SSSR count). The maximum absolute atomic E-state index is 12.6. The van der Waals surface area contributed by atoms with Crippen LogP contribution in [-0.4, -0.2) is 11.0 Å². The van der Waals surface area contributed by atoms with Crippen LogP contribution in [0.15, 0.2) is 59.8 Å². The van der Waals surface area contributed by atoms with Crippen molar-refractivity contribution in [2.75, 3.05) is 5.01 Å². The number of benzene rings is 1. The van der Waals surface area contributed by atoms with Gasteiger partial charge in [-0.15, -0.1) is 0 Å². The molecule has 8 heteroatoms. The average Bonchev–Trinajstić information content (AvgIpc) is 2.66. The molecule has 2 aromatic rings. The zero-order chi connectivity index (χ0) is 17.3. The molecule has 2 N–H and O–H groups in total. The van der Waals surface area contributed by atoms with Crippen LogP contribution in [0, 0.1) is 0 Å². The Morgan fingerprint density at radius 1 is 1.04 bits per heavy atom. The number of pyridine rings is 1. The van der Waals surface area contributed by atoms with Crippen molar-refractivity contribution in [2.24, 2.45) is 0 Å². The van der Waals surface area contributed by atoms with Crippen molar-refractivity contribution in [1.29, 1.82) is 0 Å². The van der Waals surface area contributed by atoms with Crippen LogP contribution in [0.25, 0.3) is 5.70 Å². The average molecular weight is 382 g/mol. The first-order valence-corrected chi connectivity index (χ1v) is 7.94. The Morgan fingerprint density at radius 2 is 1.67 bits per heavy atom. The third-order valence-electron chi connectivity index (χ3n) is 3.23. The van der Waals surface area contributed by atoms with E-state index < -0.39 is 6.03 Å². The molecule has 2 heterocycles. The third kappa shape index (κ3) is 3.33. The van der Waals surface area contributed by atoms with Gasteiger partial charge in [-0.2, -0.15) is 0 Å². The SMILES string of the molecule is C=C1NN(c2ccccc2)C(=O)NC(c2cc(Cl)nc(Cl)c2)=C1Cl. The summed E-state index contributed by atoms with van der Waals surface area (Å²) in [6, 6.07) is 11.7. The number of amides is 2. The second-order valence-electron chi connectivity index (χ2n) is 4.88. The third-order valence-corrected chi connectivity index (χ3v) is 4.04. The van der Waals surface area contributed by atoms with E-state index in [0.717, 1.165) is 0 Å².